The average Bonchev–Trinajstić information content (AvgIpc) is 2.78. The Morgan fingerprint density at radius 3 is 2.57 bits per heavy atom. The highest BCUT2D eigenvalue weighted by Gasteiger charge is 2.28. The molecule has 0 aliphatic rings. The molecule has 0 atom stereocenters. The molecule has 1 aromatic carbocycles. The van der Waals surface area contributed by atoms with Crippen molar-refractivity contribution in [1.82, 2.24) is 9.78 Å². The van der Waals surface area contributed by atoms with Crippen LogP contribution in [-0.2, 0) is 13.5 Å². The highest BCUT2D eigenvalue weighted by atomic mass is 16.6. The monoisotopic (exact) mass is 288 g/mol. The van der Waals surface area contributed by atoms with Crippen LogP contribution in [-0.4, -0.2) is 21.2 Å². The summed E-state index contributed by atoms with van der Waals surface area (Å²) < 4.78 is 1.55. The minimum absolute atomic E-state index is 0.0151. The summed E-state index contributed by atoms with van der Waals surface area (Å²) in [6.45, 7) is 4.44. The van der Waals surface area contributed by atoms with Crippen LogP contribution in [0, 0.1) is 10.1 Å². The molecule has 6 nitrogen and oxygen atoms in total. The molecule has 0 aliphatic heterocycles. The van der Waals surface area contributed by atoms with Crippen molar-refractivity contribution in [2.24, 2.45) is 7.05 Å². The number of hydrogen-bond acceptors (Lipinski definition) is 4. The van der Waals surface area contributed by atoms with Crippen molar-refractivity contribution < 1.29 is 4.92 Å². The molecule has 0 radical (unpaired) electrons. The first-order valence-corrected chi connectivity index (χ1v) is 6.99. The number of anilines is 1. The molecule has 0 unspecified atom stereocenters. The fourth-order valence-corrected chi connectivity index (χ4v) is 2.27. The largest absolute Gasteiger partial charge is 0.364 e. The number of nitro groups is 1. The quantitative estimate of drug-likeness (QED) is 0.654. The van der Waals surface area contributed by atoms with Crippen LogP contribution in [0.2, 0.25) is 0 Å². The molecule has 0 amide bonds. The maximum absolute atomic E-state index is 11.3. The molecule has 0 saturated heterocycles. The standard InChI is InChI=1S/C15H20N4O2/c1-11(2)13-14(19(20)21)15(18(3)17-13)16-10-9-12-7-5-4-6-8-12/h4-8,11,16H,9-10H2,1-3H3. The molecule has 0 aliphatic carbocycles. The van der Waals surface area contributed by atoms with Crippen LogP contribution in [0.3, 0.4) is 0 Å². The topological polar surface area (TPSA) is 73.0 Å². The third-order valence-corrected chi connectivity index (χ3v) is 3.33. The summed E-state index contributed by atoms with van der Waals surface area (Å²) in [6, 6.07) is 10.0. The number of benzene rings is 1. The molecule has 0 bridgehead atoms. The lowest BCUT2D eigenvalue weighted by Crippen LogP contribution is -2.10. The van der Waals surface area contributed by atoms with E-state index >= 15 is 0 Å². The van der Waals surface area contributed by atoms with E-state index in [0.29, 0.717) is 18.1 Å². The maximum Gasteiger partial charge on any atom is 0.334 e. The van der Waals surface area contributed by atoms with Gasteiger partial charge in [-0.25, -0.2) is 4.68 Å². The van der Waals surface area contributed by atoms with Gasteiger partial charge in [-0.15, -0.1) is 0 Å². The first-order chi connectivity index (χ1) is 10.0. The Morgan fingerprint density at radius 1 is 1.33 bits per heavy atom. The van der Waals surface area contributed by atoms with E-state index in [-0.39, 0.29) is 16.5 Å². The predicted octanol–water partition coefficient (Wildman–Crippen LogP) is 3.11. The van der Waals surface area contributed by atoms with Gasteiger partial charge < -0.3 is 5.32 Å². The normalized spacial score (nSPS) is 10.9. The van der Waals surface area contributed by atoms with Gasteiger partial charge in [-0.1, -0.05) is 44.2 Å². The summed E-state index contributed by atoms with van der Waals surface area (Å²) >= 11 is 0. The Kier molecular flexibility index (Phi) is 4.57. The molecule has 2 aromatic rings. The van der Waals surface area contributed by atoms with Gasteiger partial charge in [-0.3, -0.25) is 10.1 Å². The van der Waals surface area contributed by atoms with E-state index in [0.717, 1.165) is 6.42 Å². The van der Waals surface area contributed by atoms with Crippen molar-refractivity contribution in [2.75, 3.05) is 11.9 Å². The highest BCUT2D eigenvalue weighted by molar-refractivity contribution is 5.60. The van der Waals surface area contributed by atoms with Gasteiger partial charge in [0.15, 0.2) is 0 Å². The summed E-state index contributed by atoms with van der Waals surface area (Å²) in [4.78, 5) is 11.0. The van der Waals surface area contributed by atoms with Crippen molar-refractivity contribution in [3.8, 4) is 0 Å². The number of nitrogens with one attached hydrogen (secondary N) is 1. The van der Waals surface area contributed by atoms with Gasteiger partial charge in [-0.05, 0) is 12.0 Å². The summed E-state index contributed by atoms with van der Waals surface area (Å²) in [5, 5.41) is 18.7. The number of rotatable bonds is 6. The Labute approximate surface area is 123 Å². The van der Waals surface area contributed by atoms with Crippen LogP contribution in [0.15, 0.2) is 30.3 Å². The van der Waals surface area contributed by atoms with E-state index in [1.165, 1.54) is 5.56 Å². The van der Waals surface area contributed by atoms with E-state index in [1.54, 1.807) is 11.7 Å². The molecule has 21 heavy (non-hydrogen) atoms. The first kappa shape index (κ1) is 15.0. The van der Waals surface area contributed by atoms with Crippen molar-refractivity contribution >= 4 is 11.5 Å². The van der Waals surface area contributed by atoms with E-state index in [9.17, 15) is 10.1 Å². The van der Waals surface area contributed by atoms with Crippen LogP contribution >= 0.6 is 0 Å². The van der Waals surface area contributed by atoms with Crippen LogP contribution < -0.4 is 5.32 Å². The second-order valence-electron chi connectivity index (χ2n) is 5.28. The zero-order valence-corrected chi connectivity index (χ0v) is 12.5. The molecule has 1 N–H and O–H groups in total. The summed E-state index contributed by atoms with van der Waals surface area (Å²) in [5.41, 5.74) is 1.80. The van der Waals surface area contributed by atoms with Gasteiger partial charge in [0.1, 0.15) is 5.69 Å². The maximum atomic E-state index is 11.3. The van der Waals surface area contributed by atoms with E-state index < -0.39 is 0 Å². The Balaban J connectivity index is 2.14. The second-order valence-corrected chi connectivity index (χ2v) is 5.28. The van der Waals surface area contributed by atoms with Gasteiger partial charge in [0.05, 0.1) is 4.92 Å². The van der Waals surface area contributed by atoms with Gasteiger partial charge >= 0.3 is 5.69 Å². The third kappa shape index (κ3) is 3.39. The number of hydrogen-bond donors (Lipinski definition) is 1. The van der Waals surface area contributed by atoms with Crippen LogP contribution in [0.1, 0.15) is 31.0 Å². The zero-order valence-electron chi connectivity index (χ0n) is 12.5. The van der Waals surface area contributed by atoms with Crippen molar-refractivity contribution in [3.63, 3.8) is 0 Å². The molecule has 0 fully saturated rings. The minimum atomic E-state index is -0.354. The molecule has 0 spiro atoms. The van der Waals surface area contributed by atoms with Crippen LogP contribution in [0.4, 0.5) is 11.5 Å². The third-order valence-electron chi connectivity index (χ3n) is 3.33. The number of aryl methyl sites for hydroxylation is 1. The molecular formula is C15H20N4O2. The summed E-state index contributed by atoms with van der Waals surface area (Å²) in [7, 11) is 1.73. The molecule has 2 rings (SSSR count). The molecule has 0 saturated carbocycles. The van der Waals surface area contributed by atoms with Crippen LogP contribution in [0.25, 0.3) is 0 Å². The fraction of sp³-hybridized carbons (Fsp3) is 0.400. The van der Waals surface area contributed by atoms with Crippen LogP contribution in [0.5, 0.6) is 0 Å². The van der Waals surface area contributed by atoms with Crippen molar-refractivity contribution in [3.05, 3.63) is 51.7 Å². The van der Waals surface area contributed by atoms with Gasteiger partial charge in [0, 0.05) is 19.5 Å². The first-order valence-electron chi connectivity index (χ1n) is 6.99. The van der Waals surface area contributed by atoms with Gasteiger partial charge in [0.2, 0.25) is 5.82 Å². The van der Waals surface area contributed by atoms with E-state index in [2.05, 4.69) is 10.4 Å². The number of aromatic nitrogens is 2. The predicted molar refractivity (Wildman–Crippen MR) is 82.6 cm³/mol. The zero-order chi connectivity index (χ0) is 15.4. The average molecular weight is 288 g/mol. The lowest BCUT2D eigenvalue weighted by atomic mass is 10.1. The SMILES string of the molecule is CC(C)c1nn(C)c(NCCc2ccccc2)c1[N+](=O)[O-]. The summed E-state index contributed by atoms with van der Waals surface area (Å²) in [5.74, 6) is 0.487. The molecule has 1 heterocycles. The lowest BCUT2D eigenvalue weighted by molar-refractivity contribution is -0.384. The molecular weight excluding hydrogens is 268 g/mol. The van der Waals surface area contributed by atoms with Crippen molar-refractivity contribution in [1.29, 1.82) is 0 Å². The van der Waals surface area contributed by atoms with Gasteiger partial charge in [0.25, 0.3) is 0 Å². The van der Waals surface area contributed by atoms with E-state index in [4.69, 9.17) is 0 Å². The second kappa shape index (κ2) is 6.39. The fourth-order valence-electron chi connectivity index (χ4n) is 2.27. The summed E-state index contributed by atoms with van der Waals surface area (Å²) in [6.07, 6.45) is 0.806. The lowest BCUT2D eigenvalue weighted by Gasteiger charge is -2.06. The van der Waals surface area contributed by atoms with E-state index in [1.807, 2.05) is 44.2 Å². The Morgan fingerprint density at radius 2 is 2.00 bits per heavy atom. The minimum Gasteiger partial charge on any atom is -0.364 e. The Bertz CT molecular complexity index is 620. The molecule has 6 heteroatoms. The smallest absolute Gasteiger partial charge is 0.334 e. The number of nitrogens with zero attached hydrogens (tertiary/aromatic N) is 3. The highest BCUT2D eigenvalue weighted by Crippen LogP contribution is 2.32. The van der Waals surface area contributed by atoms with Crippen molar-refractivity contribution in [2.45, 2.75) is 26.2 Å². The Hall–Kier alpha value is -2.37. The molecule has 1 aromatic heterocycles. The molecule has 112 valence electrons. The van der Waals surface area contributed by atoms with Gasteiger partial charge in [-0.2, -0.15) is 5.10 Å².